The maximum atomic E-state index is 12.4. The van der Waals surface area contributed by atoms with Crippen molar-refractivity contribution in [2.45, 2.75) is 45.4 Å². The van der Waals surface area contributed by atoms with Crippen LogP contribution in [0.1, 0.15) is 51.0 Å². The van der Waals surface area contributed by atoms with Crippen molar-refractivity contribution >= 4 is 11.5 Å². The molecule has 2 aliphatic carbocycles. The minimum absolute atomic E-state index is 0.171. The number of Topliss-reactive ketones (excluding diaryl/α,β-unsaturated/α-hetero) is 1. The summed E-state index contributed by atoms with van der Waals surface area (Å²) in [5.41, 5.74) is 5.55. The number of likely N-dealkylation sites (N-methyl/N-ethyl adjacent to an activating group) is 1. The molecule has 3 heteroatoms. The minimum Gasteiger partial charge on any atom is -0.497 e. The summed E-state index contributed by atoms with van der Waals surface area (Å²) in [6.07, 6.45) is 3.82. The van der Waals surface area contributed by atoms with Gasteiger partial charge in [-0.05, 0) is 50.3 Å². The lowest BCUT2D eigenvalue weighted by atomic mass is 9.65. The second kappa shape index (κ2) is 5.12. The van der Waals surface area contributed by atoms with Gasteiger partial charge in [0.05, 0.1) is 7.11 Å². The standard InChI is InChI=1S/C20H25NO2/c1-4-21-12-16-14(15-6-5-13(23-3)11-18(15)21)9-10-20(2)17(16)7-8-19(20)22/h5-6,11,14H,4,7-10,12H2,1-3H3. The maximum absolute atomic E-state index is 12.4. The predicted octanol–water partition coefficient (Wildman–Crippen LogP) is 4.08. The van der Waals surface area contributed by atoms with E-state index in [1.165, 1.54) is 22.4 Å². The number of nitrogens with zero attached hydrogens (tertiary/aromatic N) is 1. The van der Waals surface area contributed by atoms with E-state index in [9.17, 15) is 4.79 Å². The molecular formula is C20H25NO2. The van der Waals surface area contributed by atoms with Gasteiger partial charge in [-0.2, -0.15) is 0 Å². The summed E-state index contributed by atoms with van der Waals surface area (Å²) in [7, 11) is 1.73. The average Bonchev–Trinajstić information content (AvgIpc) is 2.88. The van der Waals surface area contributed by atoms with E-state index in [-0.39, 0.29) is 5.41 Å². The largest absolute Gasteiger partial charge is 0.497 e. The van der Waals surface area contributed by atoms with Crippen molar-refractivity contribution in [3.05, 3.63) is 34.9 Å². The van der Waals surface area contributed by atoms with E-state index in [2.05, 4.69) is 36.9 Å². The summed E-state index contributed by atoms with van der Waals surface area (Å²) in [5.74, 6) is 1.88. The molecular weight excluding hydrogens is 286 g/mol. The number of anilines is 1. The molecule has 0 spiro atoms. The molecule has 1 heterocycles. The van der Waals surface area contributed by atoms with Crippen LogP contribution in [0.3, 0.4) is 0 Å². The van der Waals surface area contributed by atoms with Gasteiger partial charge in [0.15, 0.2) is 0 Å². The topological polar surface area (TPSA) is 29.5 Å². The van der Waals surface area contributed by atoms with Crippen LogP contribution >= 0.6 is 0 Å². The SMILES string of the molecule is CCN1CC2=C3CCC(=O)C3(C)CCC2c2ccc(OC)cc21. The summed E-state index contributed by atoms with van der Waals surface area (Å²) >= 11 is 0. The summed E-state index contributed by atoms with van der Waals surface area (Å²) in [5, 5.41) is 0. The second-order valence-electron chi connectivity index (χ2n) is 7.29. The molecule has 3 nitrogen and oxygen atoms in total. The van der Waals surface area contributed by atoms with Crippen molar-refractivity contribution in [2.24, 2.45) is 5.41 Å². The maximum Gasteiger partial charge on any atom is 0.143 e. The Morgan fingerprint density at radius 2 is 2.17 bits per heavy atom. The van der Waals surface area contributed by atoms with Gasteiger partial charge >= 0.3 is 0 Å². The Hall–Kier alpha value is -1.77. The van der Waals surface area contributed by atoms with E-state index in [1.807, 2.05) is 0 Å². The molecule has 0 radical (unpaired) electrons. The van der Waals surface area contributed by atoms with E-state index in [4.69, 9.17) is 4.74 Å². The van der Waals surface area contributed by atoms with Gasteiger partial charge in [0.2, 0.25) is 0 Å². The molecule has 0 N–H and O–H groups in total. The van der Waals surface area contributed by atoms with Crippen LogP contribution < -0.4 is 9.64 Å². The number of rotatable bonds is 2. The monoisotopic (exact) mass is 311 g/mol. The van der Waals surface area contributed by atoms with Crippen LogP contribution in [0.5, 0.6) is 5.75 Å². The van der Waals surface area contributed by atoms with E-state index in [0.717, 1.165) is 44.5 Å². The Morgan fingerprint density at radius 3 is 2.91 bits per heavy atom. The van der Waals surface area contributed by atoms with Gasteiger partial charge in [-0.3, -0.25) is 4.79 Å². The van der Waals surface area contributed by atoms with Crippen molar-refractivity contribution in [1.82, 2.24) is 0 Å². The zero-order chi connectivity index (χ0) is 16.2. The van der Waals surface area contributed by atoms with Crippen molar-refractivity contribution < 1.29 is 9.53 Å². The number of allylic oxidation sites excluding steroid dienone is 1. The molecule has 1 aromatic carbocycles. The number of ketones is 1. The first-order valence-electron chi connectivity index (χ1n) is 8.77. The zero-order valence-electron chi connectivity index (χ0n) is 14.3. The minimum atomic E-state index is -0.171. The molecule has 4 rings (SSSR count). The molecule has 1 aromatic rings. The third-order valence-corrected chi connectivity index (χ3v) is 6.32. The Morgan fingerprint density at radius 1 is 1.35 bits per heavy atom. The Labute approximate surface area is 138 Å². The van der Waals surface area contributed by atoms with Crippen LogP contribution in [0.4, 0.5) is 5.69 Å². The van der Waals surface area contributed by atoms with Gasteiger partial charge in [-0.15, -0.1) is 0 Å². The molecule has 1 aliphatic heterocycles. The fourth-order valence-electron chi connectivity index (χ4n) is 4.92. The van der Waals surface area contributed by atoms with Crippen LogP contribution in [0, 0.1) is 5.41 Å². The van der Waals surface area contributed by atoms with Crippen molar-refractivity contribution in [3.63, 3.8) is 0 Å². The number of carbonyl (C=O) groups is 1. The highest BCUT2D eigenvalue weighted by Gasteiger charge is 2.48. The third kappa shape index (κ3) is 1.98. The molecule has 0 amide bonds. The van der Waals surface area contributed by atoms with Gasteiger partial charge < -0.3 is 9.64 Å². The number of hydrogen-bond acceptors (Lipinski definition) is 3. The lowest BCUT2D eigenvalue weighted by Gasteiger charge is -2.44. The van der Waals surface area contributed by atoms with Crippen LogP contribution in [-0.2, 0) is 4.79 Å². The van der Waals surface area contributed by atoms with Crippen molar-refractivity contribution in [1.29, 1.82) is 0 Å². The van der Waals surface area contributed by atoms with Gasteiger partial charge in [0, 0.05) is 42.6 Å². The van der Waals surface area contributed by atoms with Crippen molar-refractivity contribution in [3.8, 4) is 5.75 Å². The molecule has 3 aliphatic rings. The average molecular weight is 311 g/mol. The van der Waals surface area contributed by atoms with Gasteiger partial charge in [0.25, 0.3) is 0 Å². The summed E-state index contributed by atoms with van der Waals surface area (Å²) < 4.78 is 5.43. The molecule has 23 heavy (non-hydrogen) atoms. The van der Waals surface area contributed by atoms with Gasteiger partial charge in [-0.1, -0.05) is 11.6 Å². The van der Waals surface area contributed by atoms with Crippen LogP contribution in [0.15, 0.2) is 29.3 Å². The van der Waals surface area contributed by atoms with Crippen LogP contribution in [-0.4, -0.2) is 26.0 Å². The number of ether oxygens (including phenoxy) is 1. The Bertz CT molecular complexity index is 706. The molecule has 0 bridgehead atoms. The van der Waals surface area contributed by atoms with Gasteiger partial charge in [-0.25, -0.2) is 0 Å². The summed E-state index contributed by atoms with van der Waals surface area (Å²) in [6.45, 7) is 6.34. The predicted molar refractivity (Wildman–Crippen MR) is 92.2 cm³/mol. The lowest BCUT2D eigenvalue weighted by molar-refractivity contribution is -0.124. The van der Waals surface area contributed by atoms with E-state index in [0.29, 0.717) is 11.7 Å². The highest BCUT2D eigenvalue weighted by molar-refractivity contribution is 5.91. The number of benzene rings is 1. The summed E-state index contributed by atoms with van der Waals surface area (Å²) in [6, 6.07) is 6.49. The molecule has 0 aromatic heterocycles. The van der Waals surface area contributed by atoms with E-state index in [1.54, 1.807) is 7.11 Å². The molecule has 1 fully saturated rings. The van der Waals surface area contributed by atoms with E-state index >= 15 is 0 Å². The Balaban J connectivity index is 1.86. The van der Waals surface area contributed by atoms with Gasteiger partial charge in [0.1, 0.15) is 11.5 Å². The summed E-state index contributed by atoms with van der Waals surface area (Å²) in [4.78, 5) is 14.9. The number of fused-ring (bicyclic) bond motifs is 4. The second-order valence-corrected chi connectivity index (χ2v) is 7.29. The molecule has 1 saturated carbocycles. The Kier molecular flexibility index (Phi) is 3.29. The normalized spacial score (nSPS) is 29.3. The molecule has 2 unspecified atom stereocenters. The van der Waals surface area contributed by atoms with Crippen LogP contribution in [0.25, 0.3) is 0 Å². The fourth-order valence-corrected chi connectivity index (χ4v) is 4.92. The number of carbonyl (C=O) groups excluding carboxylic acids is 1. The fraction of sp³-hybridized carbons (Fsp3) is 0.550. The smallest absolute Gasteiger partial charge is 0.143 e. The van der Waals surface area contributed by atoms with E-state index < -0.39 is 0 Å². The van der Waals surface area contributed by atoms with Crippen LogP contribution in [0.2, 0.25) is 0 Å². The van der Waals surface area contributed by atoms with Crippen molar-refractivity contribution in [2.75, 3.05) is 25.1 Å². The third-order valence-electron chi connectivity index (χ3n) is 6.32. The first-order chi connectivity index (χ1) is 11.1. The molecule has 0 saturated heterocycles. The molecule has 2 atom stereocenters. The first-order valence-corrected chi connectivity index (χ1v) is 8.77. The highest BCUT2D eigenvalue weighted by Crippen LogP contribution is 2.56. The molecule has 122 valence electrons. The number of hydrogen-bond donors (Lipinski definition) is 0. The highest BCUT2D eigenvalue weighted by atomic mass is 16.5. The zero-order valence-corrected chi connectivity index (χ0v) is 14.3. The number of methoxy groups -OCH3 is 1. The quantitative estimate of drug-likeness (QED) is 0.771. The lowest BCUT2D eigenvalue weighted by Crippen LogP contribution is -2.38. The first kappa shape index (κ1) is 14.8.